The zero-order valence-corrected chi connectivity index (χ0v) is 11.6. The van der Waals surface area contributed by atoms with Gasteiger partial charge in [0.05, 0.1) is 11.0 Å². The summed E-state index contributed by atoms with van der Waals surface area (Å²) in [5.41, 5.74) is 0.741. The van der Waals surface area contributed by atoms with Gasteiger partial charge in [0.2, 0.25) is 0 Å². The van der Waals surface area contributed by atoms with E-state index in [1.165, 1.54) is 19.3 Å². The Kier molecular flexibility index (Phi) is 4.35. The molecule has 0 saturated heterocycles. The van der Waals surface area contributed by atoms with Gasteiger partial charge >= 0.3 is 0 Å². The molecular formula is C14H21N3O2. The number of nitrogens with one attached hydrogen (secondary N) is 1. The smallest absolute Gasteiger partial charge is 0.277 e. The van der Waals surface area contributed by atoms with E-state index < -0.39 is 0 Å². The van der Waals surface area contributed by atoms with Gasteiger partial charge in [0, 0.05) is 17.8 Å². The predicted octanol–water partition coefficient (Wildman–Crippen LogP) is 3.68. The number of aromatic nitrogens is 1. The minimum Gasteiger partial charge on any atom is -0.367 e. The molecule has 0 amide bonds. The molecule has 1 fully saturated rings. The summed E-state index contributed by atoms with van der Waals surface area (Å²) < 4.78 is 0. The third-order valence-electron chi connectivity index (χ3n) is 4.05. The highest BCUT2D eigenvalue weighted by Gasteiger charge is 2.21. The fourth-order valence-corrected chi connectivity index (χ4v) is 2.71. The van der Waals surface area contributed by atoms with Gasteiger partial charge in [-0.1, -0.05) is 13.3 Å². The molecule has 1 saturated carbocycles. The zero-order chi connectivity index (χ0) is 13.8. The quantitative estimate of drug-likeness (QED) is 0.664. The van der Waals surface area contributed by atoms with Gasteiger partial charge in [0.1, 0.15) is 5.82 Å². The highest BCUT2D eigenvalue weighted by Crippen LogP contribution is 2.29. The van der Waals surface area contributed by atoms with Gasteiger partial charge in [-0.2, -0.15) is 0 Å². The molecule has 0 aliphatic heterocycles. The van der Waals surface area contributed by atoms with Crippen LogP contribution in [-0.2, 0) is 0 Å². The summed E-state index contributed by atoms with van der Waals surface area (Å²) in [6.45, 7) is 3.95. The highest BCUT2D eigenvalue weighted by atomic mass is 16.6. The minimum atomic E-state index is -0.351. The second-order valence-corrected chi connectivity index (χ2v) is 5.38. The number of nitro groups is 1. The predicted molar refractivity (Wildman–Crippen MR) is 75.3 cm³/mol. The Labute approximate surface area is 113 Å². The van der Waals surface area contributed by atoms with Crippen LogP contribution < -0.4 is 5.32 Å². The van der Waals surface area contributed by atoms with Crippen molar-refractivity contribution in [2.24, 2.45) is 5.92 Å². The van der Waals surface area contributed by atoms with Crippen LogP contribution in [0.1, 0.15) is 44.6 Å². The molecule has 1 heterocycles. The van der Waals surface area contributed by atoms with E-state index in [9.17, 15) is 10.1 Å². The van der Waals surface area contributed by atoms with Gasteiger partial charge in [0.15, 0.2) is 0 Å². The number of hydrogen-bond donors (Lipinski definition) is 1. The van der Waals surface area contributed by atoms with Crippen molar-refractivity contribution in [3.63, 3.8) is 0 Å². The third-order valence-corrected chi connectivity index (χ3v) is 4.05. The third kappa shape index (κ3) is 3.43. The van der Waals surface area contributed by atoms with E-state index in [-0.39, 0.29) is 10.6 Å². The standard InChI is InChI=1S/C14H21N3O2/c1-3-11-4-6-12(7-5-11)16-14-8-13(17(18)19)10(2)9-15-14/h8-9,11-12H,3-7H2,1-2H3,(H,15,16). The van der Waals surface area contributed by atoms with Crippen molar-refractivity contribution in [2.75, 3.05) is 5.32 Å². The van der Waals surface area contributed by atoms with E-state index in [4.69, 9.17) is 0 Å². The Morgan fingerprint density at radius 2 is 2.11 bits per heavy atom. The van der Waals surface area contributed by atoms with Gasteiger partial charge in [-0.05, 0) is 38.5 Å². The average molecular weight is 263 g/mol. The van der Waals surface area contributed by atoms with Crippen LogP contribution in [0, 0.1) is 23.0 Å². The van der Waals surface area contributed by atoms with E-state index >= 15 is 0 Å². The van der Waals surface area contributed by atoms with Crippen LogP contribution >= 0.6 is 0 Å². The summed E-state index contributed by atoms with van der Waals surface area (Å²) in [4.78, 5) is 14.8. The Balaban J connectivity index is 2.00. The lowest BCUT2D eigenvalue weighted by molar-refractivity contribution is -0.385. The van der Waals surface area contributed by atoms with E-state index in [1.54, 1.807) is 19.2 Å². The average Bonchev–Trinajstić information content (AvgIpc) is 2.41. The van der Waals surface area contributed by atoms with Gasteiger partial charge in [-0.15, -0.1) is 0 Å². The molecule has 0 bridgehead atoms. The molecule has 1 aromatic rings. The Bertz CT molecular complexity index is 454. The summed E-state index contributed by atoms with van der Waals surface area (Å²) in [6, 6.07) is 1.94. The van der Waals surface area contributed by atoms with Crippen LogP contribution in [0.2, 0.25) is 0 Å². The molecule has 2 rings (SSSR count). The van der Waals surface area contributed by atoms with Gasteiger partial charge in [-0.3, -0.25) is 10.1 Å². The SMILES string of the molecule is CCC1CCC(Nc2cc([N+](=O)[O-])c(C)cn2)CC1. The normalized spacial score (nSPS) is 23.1. The van der Waals surface area contributed by atoms with Crippen LogP contribution in [0.25, 0.3) is 0 Å². The molecule has 0 spiro atoms. The molecular weight excluding hydrogens is 242 g/mol. The van der Waals surface area contributed by atoms with E-state index in [1.807, 2.05) is 0 Å². The van der Waals surface area contributed by atoms with Crippen LogP contribution in [0.3, 0.4) is 0 Å². The minimum absolute atomic E-state index is 0.139. The van der Waals surface area contributed by atoms with Crippen molar-refractivity contribution in [2.45, 2.75) is 52.0 Å². The van der Waals surface area contributed by atoms with E-state index in [0.717, 1.165) is 18.8 Å². The molecule has 0 unspecified atom stereocenters. The van der Waals surface area contributed by atoms with Crippen molar-refractivity contribution in [1.82, 2.24) is 4.98 Å². The van der Waals surface area contributed by atoms with Crippen molar-refractivity contribution in [3.8, 4) is 0 Å². The number of aryl methyl sites for hydroxylation is 1. The first kappa shape index (κ1) is 13.8. The molecule has 5 heteroatoms. The summed E-state index contributed by atoms with van der Waals surface area (Å²) in [7, 11) is 0. The van der Waals surface area contributed by atoms with Gasteiger partial charge < -0.3 is 5.32 Å². The Morgan fingerprint density at radius 3 is 2.68 bits per heavy atom. The molecule has 104 valence electrons. The lowest BCUT2D eigenvalue weighted by Crippen LogP contribution is -2.26. The van der Waals surface area contributed by atoms with E-state index in [0.29, 0.717) is 17.4 Å². The molecule has 1 aliphatic rings. The van der Waals surface area contributed by atoms with Crippen molar-refractivity contribution >= 4 is 11.5 Å². The maximum Gasteiger partial charge on any atom is 0.277 e. The second-order valence-electron chi connectivity index (χ2n) is 5.38. The summed E-state index contributed by atoms with van der Waals surface area (Å²) in [5, 5.41) is 14.2. The Hall–Kier alpha value is -1.65. The Morgan fingerprint density at radius 1 is 1.42 bits per heavy atom. The molecule has 5 nitrogen and oxygen atoms in total. The first-order chi connectivity index (χ1) is 9.10. The summed E-state index contributed by atoms with van der Waals surface area (Å²) >= 11 is 0. The van der Waals surface area contributed by atoms with Crippen LogP contribution in [0.5, 0.6) is 0 Å². The number of hydrogen-bond acceptors (Lipinski definition) is 4. The van der Waals surface area contributed by atoms with Crippen LogP contribution in [0.15, 0.2) is 12.3 Å². The fourth-order valence-electron chi connectivity index (χ4n) is 2.71. The number of pyridine rings is 1. The van der Waals surface area contributed by atoms with Crippen LogP contribution in [-0.4, -0.2) is 15.9 Å². The molecule has 1 N–H and O–H groups in total. The van der Waals surface area contributed by atoms with Gasteiger partial charge in [0.25, 0.3) is 5.69 Å². The van der Waals surface area contributed by atoms with Crippen molar-refractivity contribution < 1.29 is 4.92 Å². The second kappa shape index (κ2) is 5.99. The first-order valence-corrected chi connectivity index (χ1v) is 6.97. The van der Waals surface area contributed by atoms with Gasteiger partial charge in [-0.25, -0.2) is 4.98 Å². The van der Waals surface area contributed by atoms with Crippen molar-refractivity contribution in [3.05, 3.63) is 27.9 Å². The molecule has 0 atom stereocenters. The molecule has 19 heavy (non-hydrogen) atoms. The molecule has 0 aromatic carbocycles. The maximum absolute atomic E-state index is 10.9. The lowest BCUT2D eigenvalue weighted by atomic mass is 9.84. The van der Waals surface area contributed by atoms with E-state index in [2.05, 4.69) is 17.2 Å². The number of rotatable bonds is 4. The molecule has 1 aliphatic carbocycles. The molecule has 0 radical (unpaired) electrons. The van der Waals surface area contributed by atoms with Crippen molar-refractivity contribution in [1.29, 1.82) is 0 Å². The summed E-state index contributed by atoms with van der Waals surface area (Å²) in [6.07, 6.45) is 7.55. The zero-order valence-electron chi connectivity index (χ0n) is 11.6. The number of nitrogens with zero attached hydrogens (tertiary/aromatic N) is 2. The topological polar surface area (TPSA) is 68.1 Å². The highest BCUT2D eigenvalue weighted by molar-refractivity contribution is 5.49. The summed E-state index contributed by atoms with van der Waals surface area (Å²) in [5.74, 6) is 1.47. The molecule has 1 aromatic heterocycles. The monoisotopic (exact) mass is 263 g/mol. The van der Waals surface area contributed by atoms with Crippen LogP contribution in [0.4, 0.5) is 11.5 Å². The largest absolute Gasteiger partial charge is 0.367 e. The maximum atomic E-state index is 10.9. The lowest BCUT2D eigenvalue weighted by Gasteiger charge is -2.28. The fraction of sp³-hybridized carbons (Fsp3) is 0.643. The number of anilines is 1. The first-order valence-electron chi connectivity index (χ1n) is 6.97.